The van der Waals surface area contributed by atoms with Crippen molar-refractivity contribution in [2.24, 2.45) is 11.7 Å². The Morgan fingerprint density at radius 3 is 2.42 bits per heavy atom. The summed E-state index contributed by atoms with van der Waals surface area (Å²) in [7, 11) is 0. The second-order valence-corrected chi connectivity index (χ2v) is 5.10. The first-order chi connectivity index (χ1) is 9.10. The summed E-state index contributed by atoms with van der Waals surface area (Å²) in [4.78, 5) is 12.5. The third kappa shape index (κ3) is 4.63. The quantitative estimate of drug-likeness (QED) is 0.754. The van der Waals surface area contributed by atoms with Crippen LogP contribution >= 0.6 is 12.2 Å². The molecular weight excluding hydrogens is 256 g/mol. The van der Waals surface area contributed by atoms with Crippen molar-refractivity contribution in [3.05, 3.63) is 35.9 Å². The average molecular weight is 278 g/mol. The van der Waals surface area contributed by atoms with Crippen LogP contribution in [0.25, 0.3) is 0 Å². The van der Waals surface area contributed by atoms with Crippen molar-refractivity contribution >= 4 is 23.1 Å². The summed E-state index contributed by atoms with van der Waals surface area (Å²) in [5.41, 5.74) is 6.76. The van der Waals surface area contributed by atoms with Crippen LogP contribution in [-0.4, -0.2) is 10.9 Å². The van der Waals surface area contributed by atoms with E-state index in [0.717, 1.165) is 18.4 Å². The Kier molecular flexibility index (Phi) is 6.50. The standard InChI is InChI=1S/C15H22N2OS/c1-3-8-12(14(16)19)15(18)17-13(4-2)11-9-6-5-7-10-11/h5-7,9-10,12-13H,3-4,8H2,1-2H3,(H2,16,19)(H,17,18). The smallest absolute Gasteiger partial charge is 0.230 e. The second kappa shape index (κ2) is 7.89. The average Bonchev–Trinajstić information content (AvgIpc) is 2.42. The Bertz CT molecular complexity index is 419. The number of nitrogens with two attached hydrogens (primary N) is 1. The number of amides is 1. The van der Waals surface area contributed by atoms with E-state index in [4.69, 9.17) is 18.0 Å². The summed E-state index contributed by atoms with van der Waals surface area (Å²) >= 11 is 4.98. The predicted molar refractivity (Wildman–Crippen MR) is 82.8 cm³/mol. The molecule has 0 spiro atoms. The number of benzene rings is 1. The van der Waals surface area contributed by atoms with Gasteiger partial charge in [0.25, 0.3) is 0 Å². The van der Waals surface area contributed by atoms with Crippen molar-refractivity contribution in [3.8, 4) is 0 Å². The minimum absolute atomic E-state index is 0.0161. The van der Waals surface area contributed by atoms with E-state index >= 15 is 0 Å². The van der Waals surface area contributed by atoms with E-state index in [-0.39, 0.29) is 22.9 Å². The molecule has 0 heterocycles. The van der Waals surface area contributed by atoms with Crippen LogP contribution in [0.4, 0.5) is 0 Å². The SMILES string of the molecule is CCCC(C(=O)NC(CC)c1ccccc1)C(N)=S. The molecule has 19 heavy (non-hydrogen) atoms. The lowest BCUT2D eigenvalue weighted by Gasteiger charge is -2.21. The molecule has 0 aliphatic rings. The zero-order valence-corrected chi connectivity index (χ0v) is 12.4. The van der Waals surface area contributed by atoms with E-state index in [1.54, 1.807) is 0 Å². The molecule has 1 aromatic rings. The summed E-state index contributed by atoms with van der Waals surface area (Å²) in [6.07, 6.45) is 2.43. The van der Waals surface area contributed by atoms with Crippen molar-refractivity contribution in [1.82, 2.24) is 5.32 Å². The van der Waals surface area contributed by atoms with Crippen molar-refractivity contribution < 1.29 is 4.79 Å². The van der Waals surface area contributed by atoms with Gasteiger partial charge >= 0.3 is 0 Å². The van der Waals surface area contributed by atoms with Gasteiger partial charge in [0, 0.05) is 0 Å². The lowest BCUT2D eigenvalue weighted by molar-refractivity contribution is -0.124. The molecule has 0 saturated carbocycles. The van der Waals surface area contributed by atoms with Crippen LogP contribution in [0.2, 0.25) is 0 Å². The Morgan fingerprint density at radius 1 is 1.32 bits per heavy atom. The molecule has 0 radical (unpaired) electrons. The first kappa shape index (κ1) is 15.6. The Morgan fingerprint density at radius 2 is 1.95 bits per heavy atom. The van der Waals surface area contributed by atoms with Crippen molar-refractivity contribution in [2.75, 3.05) is 0 Å². The van der Waals surface area contributed by atoms with Gasteiger partial charge in [-0.3, -0.25) is 4.79 Å². The molecule has 3 N–H and O–H groups in total. The molecule has 104 valence electrons. The number of hydrogen-bond donors (Lipinski definition) is 2. The fourth-order valence-corrected chi connectivity index (χ4v) is 2.29. The highest BCUT2D eigenvalue weighted by Gasteiger charge is 2.23. The number of carbonyl (C=O) groups excluding carboxylic acids is 1. The zero-order valence-electron chi connectivity index (χ0n) is 11.6. The van der Waals surface area contributed by atoms with Gasteiger partial charge in [0.05, 0.1) is 16.9 Å². The molecular formula is C15H22N2OS. The van der Waals surface area contributed by atoms with Gasteiger partial charge in [-0.25, -0.2) is 0 Å². The summed E-state index contributed by atoms with van der Waals surface area (Å²) < 4.78 is 0. The molecule has 0 aliphatic carbocycles. The van der Waals surface area contributed by atoms with Gasteiger partial charge in [-0.2, -0.15) is 0 Å². The van der Waals surface area contributed by atoms with Crippen LogP contribution in [0.1, 0.15) is 44.7 Å². The topological polar surface area (TPSA) is 55.1 Å². The Labute approximate surface area is 120 Å². The van der Waals surface area contributed by atoms with E-state index in [2.05, 4.69) is 5.32 Å². The molecule has 1 amide bonds. The molecule has 0 fully saturated rings. The Balaban J connectivity index is 2.75. The summed E-state index contributed by atoms with van der Waals surface area (Å²) in [5.74, 6) is -0.428. The van der Waals surface area contributed by atoms with E-state index in [1.165, 1.54) is 0 Å². The number of nitrogens with one attached hydrogen (secondary N) is 1. The predicted octanol–water partition coefficient (Wildman–Crippen LogP) is 2.96. The molecule has 0 saturated heterocycles. The van der Waals surface area contributed by atoms with E-state index in [1.807, 2.05) is 44.2 Å². The van der Waals surface area contributed by atoms with Crippen LogP contribution in [0.3, 0.4) is 0 Å². The highest BCUT2D eigenvalue weighted by atomic mass is 32.1. The number of hydrogen-bond acceptors (Lipinski definition) is 2. The van der Waals surface area contributed by atoms with Crippen molar-refractivity contribution in [2.45, 2.75) is 39.2 Å². The first-order valence-electron chi connectivity index (χ1n) is 6.74. The summed E-state index contributed by atoms with van der Waals surface area (Å²) in [6.45, 7) is 4.07. The van der Waals surface area contributed by atoms with Crippen LogP contribution in [0.5, 0.6) is 0 Å². The molecule has 2 unspecified atom stereocenters. The highest BCUT2D eigenvalue weighted by Crippen LogP contribution is 2.17. The lowest BCUT2D eigenvalue weighted by atomic mass is 10.00. The van der Waals surface area contributed by atoms with Gasteiger partial charge in [0.1, 0.15) is 0 Å². The second-order valence-electron chi connectivity index (χ2n) is 4.62. The van der Waals surface area contributed by atoms with Crippen molar-refractivity contribution in [3.63, 3.8) is 0 Å². The first-order valence-corrected chi connectivity index (χ1v) is 7.15. The van der Waals surface area contributed by atoms with E-state index < -0.39 is 0 Å². The maximum atomic E-state index is 12.2. The number of rotatable bonds is 7. The third-order valence-corrected chi connectivity index (χ3v) is 3.45. The fourth-order valence-electron chi connectivity index (χ4n) is 2.07. The lowest BCUT2D eigenvalue weighted by Crippen LogP contribution is -2.39. The van der Waals surface area contributed by atoms with Gasteiger partial charge < -0.3 is 11.1 Å². The summed E-state index contributed by atoms with van der Waals surface area (Å²) in [6, 6.07) is 9.96. The Hall–Kier alpha value is -1.42. The van der Waals surface area contributed by atoms with Crippen LogP contribution in [-0.2, 0) is 4.79 Å². The van der Waals surface area contributed by atoms with Gasteiger partial charge in [-0.15, -0.1) is 0 Å². The van der Waals surface area contributed by atoms with Crippen LogP contribution in [0, 0.1) is 5.92 Å². The monoisotopic (exact) mass is 278 g/mol. The fraction of sp³-hybridized carbons (Fsp3) is 0.467. The maximum absolute atomic E-state index is 12.2. The van der Waals surface area contributed by atoms with E-state index in [9.17, 15) is 4.79 Å². The van der Waals surface area contributed by atoms with Gasteiger partial charge in [-0.05, 0) is 18.4 Å². The number of carbonyl (C=O) groups is 1. The molecule has 1 aromatic carbocycles. The normalized spacial score (nSPS) is 13.6. The van der Waals surface area contributed by atoms with E-state index in [0.29, 0.717) is 6.42 Å². The minimum Gasteiger partial charge on any atom is -0.393 e. The van der Waals surface area contributed by atoms with Crippen molar-refractivity contribution in [1.29, 1.82) is 0 Å². The molecule has 2 atom stereocenters. The molecule has 4 heteroatoms. The van der Waals surface area contributed by atoms with Gasteiger partial charge in [0.2, 0.25) is 5.91 Å². The summed E-state index contributed by atoms with van der Waals surface area (Å²) in [5, 5.41) is 3.04. The van der Waals surface area contributed by atoms with Gasteiger partial charge in [-0.1, -0.05) is 62.8 Å². The largest absolute Gasteiger partial charge is 0.393 e. The number of thiocarbonyl (C=S) groups is 1. The van der Waals surface area contributed by atoms with Crippen LogP contribution < -0.4 is 11.1 Å². The van der Waals surface area contributed by atoms with Gasteiger partial charge in [0.15, 0.2) is 0 Å². The molecule has 0 aromatic heterocycles. The highest BCUT2D eigenvalue weighted by molar-refractivity contribution is 7.80. The molecule has 0 aliphatic heterocycles. The maximum Gasteiger partial charge on any atom is 0.230 e. The molecule has 3 nitrogen and oxygen atoms in total. The minimum atomic E-state index is -0.363. The molecule has 1 rings (SSSR count). The third-order valence-electron chi connectivity index (χ3n) is 3.16. The zero-order chi connectivity index (χ0) is 14.3. The molecule has 0 bridgehead atoms. The van der Waals surface area contributed by atoms with Crippen LogP contribution in [0.15, 0.2) is 30.3 Å².